The van der Waals surface area contributed by atoms with Crippen molar-refractivity contribution in [1.82, 2.24) is 9.97 Å². The van der Waals surface area contributed by atoms with Crippen molar-refractivity contribution >= 4 is 17.4 Å². The molecule has 1 fully saturated rings. The first kappa shape index (κ1) is 13.6. The number of hydrogen-bond donors (Lipinski definition) is 0. The molecule has 0 N–H and O–H groups in total. The van der Waals surface area contributed by atoms with Crippen LogP contribution >= 0.6 is 11.6 Å². The molecule has 2 rings (SSSR count). The molecule has 0 bridgehead atoms. The van der Waals surface area contributed by atoms with Crippen molar-refractivity contribution < 1.29 is 0 Å². The van der Waals surface area contributed by atoms with E-state index in [2.05, 4.69) is 28.8 Å². The highest BCUT2D eigenvalue weighted by Crippen LogP contribution is 2.31. The fraction of sp³-hybridized carbons (Fsp3) is 0.714. The largest absolute Gasteiger partial charge is 0.356 e. The predicted octanol–water partition coefficient (Wildman–Crippen LogP) is 3.76. The second-order valence-electron chi connectivity index (χ2n) is 5.55. The highest BCUT2D eigenvalue weighted by atomic mass is 35.5. The van der Waals surface area contributed by atoms with Crippen LogP contribution in [-0.4, -0.2) is 23.1 Å². The Kier molecular flexibility index (Phi) is 4.10. The lowest BCUT2D eigenvalue weighted by molar-refractivity contribution is 0.335. The molecule has 0 radical (unpaired) electrons. The molecule has 0 aromatic carbocycles. The van der Waals surface area contributed by atoms with Crippen LogP contribution in [0.3, 0.4) is 0 Å². The Morgan fingerprint density at radius 2 is 1.94 bits per heavy atom. The quantitative estimate of drug-likeness (QED) is 0.764. The summed E-state index contributed by atoms with van der Waals surface area (Å²) in [5.41, 5.74) is 0.989. The summed E-state index contributed by atoms with van der Waals surface area (Å²) in [6.45, 7) is 6.23. The molecule has 1 saturated carbocycles. The van der Waals surface area contributed by atoms with E-state index in [1.807, 2.05) is 13.8 Å². The minimum absolute atomic E-state index is 0.577. The Hall–Kier alpha value is -0.830. The summed E-state index contributed by atoms with van der Waals surface area (Å²) in [6, 6.07) is 0.581. The van der Waals surface area contributed by atoms with Gasteiger partial charge in [0.1, 0.15) is 16.8 Å². The van der Waals surface area contributed by atoms with Crippen LogP contribution in [0.15, 0.2) is 0 Å². The second-order valence-corrected chi connectivity index (χ2v) is 5.90. The fourth-order valence-corrected chi connectivity index (χ4v) is 3.06. The predicted molar refractivity (Wildman–Crippen MR) is 76.3 cm³/mol. The summed E-state index contributed by atoms with van der Waals surface area (Å²) in [4.78, 5) is 11.1. The number of anilines is 1. The van der Waals surface area contributed by atoms with Crippen LogP contribution in [-0.2, 0) is 0 Å². The van der Waals surface area contributed by atoms with Crippen molar-refractivity contribution in [3.63, 3.8) is 0 Å². The zero-order chi connectivity index (χ0) is 13.3. The maximum absolute atomic E-state index is 6.15. The maximum atomic E-state index is 6.15. The number of aromatic nitrogens is 2. The average Bonchev–Trinajstić information content (AvgIpc) is 2.33. The Balaban J connectivity index is 2.25. The average molecular weight is 268 g/mol. The SMILES string of the molecule is Cc1nc(Cl)c(C)c(N(C)C2CCCC(C)C2)n1. The molecule has 0 aliphatic heterocycles. The molecule has 0 spiro atoms. The van der Waals surface area contributed by atoms with Crippen molar-refractivity contribution in [3.05, 3.63) is 16.5 Å². The molecular weight excluding hydrogens is 246 g/mol. The molecule has 2 unspecified atom stereocenters. The van der Waals surface area contributed by atoms with E-state index < -0.39 is 0 Å². The zero-order valence-electron chi connectivity index (χ0n) is 11.7. The van der Waals surface area contributed by atoms with Gasteiger partial charge in [-0.3, -0.25) is 0 Å². The van der Waals surface area contributed by atoms with E-state index in [4.69, 9.17) is 11.6 Å². The van der Waals surface area contributed by atoms with Gasteiger partial charge in [0.05, 0.1) is 0 Å². The molecule has 4 heteroatoms. The minimum atomic E-state index is 0.577. The third-order valence-corrected chi connectivity index (χ3v) is 4.33. The fourth-order valence-electron chi connectivity index (χ4n) is 2.85. The van der Waals surface area contributed by atoms with Crippen LogP contribution in [0.1, 0.15) is 44.0 Å². The zero-order valence-corrected chi connectivity index (χ0v) is 12.5. The molecular formula is C14H22ClN3. The number of halogens is 1. The Morgan fingerprint density at radius 1 is 1.22 bits per heavy atom. The van der Waals surface area contributed by atoms with Crippen molar-refractivity contribution in [2.24, 2.45) is 5.92 Å². The van der Waals surface area contributed by atoms with Gasteiger partial charge >= 0.3 is 0 Å². The van der Waals surface area contributed by atoms with E-state index in [-0.39, 0.29) is 0 Å². The molecule has 1 aromatic rings. The topological polar surface area (TPSA) is 29.0 Å². The summed E-state index contributed by atoms with van der Waals surface area (Å²) in [5.74, 6) is 2.55. The molecule has 1 aliphatic carbocycles. The number of hydrogen-bond acceptors (Lipinski definition) is 3. The van der Waals surface area contributed by atoms with Gasteiger partial charge in [-0.05, 0) is 32.6 Å². The minimum Gasteiger partial charge on any atom is -0.356 e. The van der Waals surface area contributed by atoms with Gasteiger partial charge < -0.3 is 4.90 Å². The Bertz CT molecular complexity index is 433. The Labute approximate surface area is 115 Å². The molecule has 100 valence electrons. The molecule has 2 atom stereocenters. The van der Waals surface area contributed by atoms with E-state index in [1.54, 1.807) is 0 Å². The number of aryl methyl sites for hydroxylation is 1. The first-order valence-electron chi connectivity index (χ1n) is 6.72. The summed E-state index contributed by atoms with van der Waals surface area (Å²) < 4.78 is 0. The van der Waals surface area contributed by atoms with Gasteiger partial charge in [-0.15, -0.1) is 0 Å². The van der Waals surface area contributed by atoms with E-state index in [0.717, 1.165) is 23.1 Å². The summed E-state index contributed by atoms with van der Waals surface area (Å²) in [5, 5.41) is 0.577. The lowest BCUT2D eigenvalue weighted by Crippen LogP contribution is -2.36. The highest BCUT2D eigenvalue weighted by Gasteiger charge is 2.24. The third-order valence-electron chi connectivity index (χ3n) is 3.96. The smallest absolute Gasteiger partial charge is 0.137 e. The van der Waals surface area contributed by atoms with Gasteiger partial charge in [0.15, 0.2) is 0 Å². The number of rotatable bonds is 2. The van der Waals surface area contributed by atoms with Crippen LogP contribution in [0, 0.1) is 19.8 Å². The lowest BCUT2D eigenvalue weighted by atomic mass is 9.86. The van der Waals surface area contributed by atoms with Gasteiger partial charge in [0, 0.05) is 18.7 Å². The summed E-state index contributed by atoms with van der Waals surface area (Å²) in [7, 11) is 2.13. The van der Waals surface area contributed by atoms with Gasteiger partial charge in [-0.1, -0.05) is 31.4 Å². The Morgan fingerprint density at radius 3 is 2.61 bits per heavy atom. The van der Waals surface area contributed by atoms with E-state index in [9.17, 15) is 0 Å². The summed E-state index contributed by atoms with van der Waals surface area (Å²) >= 11 is 6.15. The molecule has 18 heavy (non-hydrogen) atoms. The van der Waals surface area contributed by atoms with Crippen LogP contribution in [0.25, 0.3) is 0 Å². The van der Waals surface area contributed by atoms with Crippen LogP contribution < -0.4 is 4.90 Å². The second kappa shape index (κ2) is 5.43. The molecule has 1 aliphatic rings. The molecule has 0 saturated heterocycles. The molecule has 3 nitrogen and oxygen atoms in total. The van der Waals surface area contributed by atoms with E-state index >= 15 is 0 Å². The van der Waals surface area contributed by atoms with Crippen LogP contribution in [0.4, 0.5) is 5.82 Å². The maximum Gasteiger partial charge on any atom is 0.137 e. The van der Waals surface area contributed by atoms with Crippen molar-refractivity contribution in [3.8, 4) is 0 Å². The number of nitrogens with zero attached hydrogens (tertiary/aromatic N) is 3. The highest BCUT2D eigenvalue weighted by molar-refractivity contribution is 6.30. The molecule has 1 heterocycles. The third kappa shape index (κ3) is 2.77. The van der Waals surface area contributed by atoms with E-state index in [1.165, 1.54) is 25.7 Å². The monoisotopic (exact) mass is 267 g/mol. The van der Waals surface area contributed by atoms with Gasteiger partial charge in [0.25, 0.3) is 0 Å². The van der Waals surface area contributed by atoms with Gasteiger partial charge in [0.2, 0.25) is 0 Å². The first-order valence-corrected chi connectivity index (χ1v) is 7.10. The normalized spacial score (nSPS) is 24.1. The standard InChI is InChI=1S/C14H22ClN3/c1-9-6-5-7-12(8-9)18(4)14-10(2)13(15)16-11(3)17-14/h9,12H,5-8H2,1-4H3. The van der Waals surface area contributed by atoms with Crippen molar-refractivity contribution in [2.45, 2.75) is 52.5 Å². The van der Waals surface area contributed by atoms with Crippen molar-refractivity contribution in [1.29, 1.82) is 0 Å². The van der Waals surface area contributed by atoms with Crippen molar-refractivity contribution in [2.75, 3.05) is 11.9 Å². The lowest BCUT2D eigenvalue weighted by Gasteiger charge is -2.35. The molecule has 0 amide bonds. The first-order chi connectivity index (χ1) is 8.49. The van der Waals surface area contributed by atoms with Gasteiger partial charge in [-0.2, -0.15) is 0 Å². The molecule has 1 aromatic heterocycles. The van der Waals surface area contributed by atoms with Crippen LogP contribution in [0.2, 0.25) is 5.15 Å². The summed E-state index contributed by atoms with van der Waals surface area (Å²) in [6.07, 6.45) is 5.16. The van der Waals surface area contributed by atoms with Crippen LogP contribution in [0.5, 0.6) is 0 Å². The van der Waals surface area contributed by atoms with E-state index in [0.29, 0.717) is 11.2 Å². The van der Waals surface area contributed by atoms with Gasteiger partial charge in [-0.25, -0.2) is 9.97 Å².